The molecule has 0 fully saturated rings. The Kier molecular flexibility index (Phi) is 4.29. The number of hydrogen-bond acceptors (Lipinski definition) is 6. The smallest absolute Gasteiger partial charge is 0.208 e. The largest absolute Gasteiger partial charge is 0.382 e. The summed E-state index contributed by atoms with van der Waals surface area (Å²) in [4.78, 5) is 9.12. The second-order valence-corrected chi connectivity index (χ2v) is 8.42. The average molecular weight is 375 g/mol. The molecule has 0 aliphatic carbocycles. The number of imidazole rings is 1. The van der Waals surface area contributed by atoms with E-state index in [1.807, 2.05) is 24.3 Å². The number of aromatic nitrogens is 3. The average Bonchev–Trinajstić information content (AvgIpc) is 2.99. The van der Waals surface area contributed by atoms with E-state index in [1.165, 1.54) is 6.26 Å². The highest BCUT2D eigenvalue weighted by molar-refractivity contribution is 7.88. The van der Waals surface area contributed by atoms with E-state index in [9.17, 15) is 8.42 Å². The number of hydrogen-bond donors (Lipinski definition) is 2. The Morgan fingerprint density at radius 1 is 1.35 bits per heavy atom. The molecule has 9 heteroatoms. The van der Waals surface area contributed by atoms with Crippen LogP contribution in [0.2, 0.25) is 0 Å². The quantitative estimate of drug-likeness (QED) is 0.655. The number of pyridine rings is 1. The minimum absolute atomic E-state index is 0.0790. The summed E-state index contributed by atoms with van der Waals surface area (Å²) < 4.78 is 32.9. The Balaban J connectivity index is 1.73. The molecule has 26 heavy (non-hydrogen) atoms. The zero-order valence-electron chi connectivity index (χ0n) is 14.5. The van der Waals surface area contributed by atoms with Crippen molar-refractivity contribution < 1.29 is 13.2 Å². The Morgan fingerprint density at radius 2 is 2.15 bits per heavy atom. The second kappa shape index (κ2) is 6.49. The van der Waals surface area contributed by atoms with Gasteiger partial charge in [-0.05, 0) is 18.9 Å². The third-order valence-electron chi connectivity index (χ3n) is 4.61. The number of rotatable bonds is 5. The second-order valence-electron chi connectivity index (χ2n) is 6.59. The molecular weight excluding hydrogens is 354 g/mol. The normalized spacial score (nSPS) is 17.7. The lowest BCUT2D eigenvalue weighted by atomic mass is 10.1. The van der Waals surface area contributed by atoms with Gasteiger partial charge in [-0.1, -0.05) is 18.2 Å². The van der Waals surface area contributed by atoms with Crippen molar-refractivity contribution in [3.63, 3.8) is 0 Å². The minimum Gasteiger partial charge on any atom is -0.382 e. The Bertz CT molecular complexity index is 1080. The molecule has 1 aliphatic heterocycles. The maximum Gasteiger partial charge on any atom is 0.208 e. The maximum atomic E-state index is 11.2. The predicted molar refractivity (Wildman–Crippen MR) is 100 cm³/mol. The molecule has 3 aromatic rings. The molecule has 1 aliphatic rings. The van der Waals surface area contributed by atoms with Crippen LogP contribution in [0.25, 0.3) is 21.9 Å². The van der Waals surface area contributed by atoms with Crippen molar-refractivity contribution in [1.82, 2.24) is 19.3 Å². The first-order chi connectivity index (χ1) is 12.4. The van der Waals surface area contributed by atoms with Crippen molar-refractivity contribution in [2.24, 2.45) is 0 Å². The van der Waals surface area contributed by atoms with Gasteiger partial charge in [-0.3, -0.25) is 0 Å². The van der Waals surface area contributed by atoms with Crippen molar-refractivity contribution in [2.45, 2.75) is 25.5 Å². The molecular formula is C17H21N5O3S. The highest BCUT2D eigenvalue weighted by Gasteiger charge is 2.26. The van der Waals surface area contributed by atoms with Gasteiger partial charge in [0.1, 0.15) is 17.9 Å². The predicted octanol–water partition coefficient (Wildman–Crippen LogP) is 1.57. The van der Waals surface area contributed by atoms with Crippen molar-refractivity contribution in [1.29, 1.82) is 0 Å². The molecule has 3 heterocycles. The number of anilines is 1. The van der Waals surface area contributed by atoms with E-state index in [1.54, 1.807) is 0 Å². The van der Waals surface area contributed by atoms with E-state index in [0.717, 1.165) is 28.7 Å². The van der Waals surface area contributed by atoms with Crippen LogP contribution in [0.4, 0.5) is 5.82 Å². The fourth-order valence-electron chi connectivity index (χ4n) is 3.53. The van der Waals surface area contributed by atoms with Crippen LogP contribution >= 0.6 is 0 Å². The van der Waals surface area contributed by atoms with E-state index < -0.39 is 10.0 Å². The first kappa shape index (κ1) is 17.2. The van der Waals surface area contributed by atoms with Crippen LogP contribution in [0, 0.1) is 0 Å². The maximum absolute atomic E-state index is 11.2. The molecule has 0 unspecified atom stereocenters. The molecule has 2 aromatic heterocycles. The van der Waals surface area contributed by atoms with Crippen molar-refractivity contribution >= 4 is 37.8 Å². The molecule has 0 radical (unpaired) electrons. The van der Waals surface area contributed by atoms with Crippen LogP contribution in [0.3, 0.4) is 0 Å². The number of para-hydroxylation sites is 1. The zero-order chi connectivity index (χ0) is 18.3. The van der Waals surface area contributed by atoms with Gasteiger partial charge in [-0.15, -0.1) is 0 Å². The molecule has 1 aromatic carbocycles. The van der Waals surface area contributed by atoms with Crippen molar-refractivity contribution in [3.05, 3.63) is 30.1 Å². The van der Waals surface area contributed by atoms with Crippen LogP contribution in [-0.2, 0) is 21.4 Å². The van der Waals surface area contributed by atoms with Gasteiger partial charge in [-0.2, -0.15) is 0 Å². The van der Waals surface area contributed by atoms with Crippen molar-refractivity contribution in [3.8, 4) is 0 Å². The van der Waals surface area contributed by atoms with E-state index in [-0.39, 0.29) is 6.04 Å². The molecule has 0 bridgehead atoms. The number of nitrogens with zero attached hydrogens (tertiary/aromatic N) is 3. The van der Waals surface area contributed by atoms with Gasteiger partial charge < -0.3 is 15.0 Å². The summed E-state index contributed by atoms with van der Waals surface area (Å²) in [6, 6.07) is 7.96. The number of nitrogens with two attached hydrogens (primary N) is 1. The topological polar surface area (TPSA) is 112 Å². The summed E-state index contributed by atoms with van der Waals surface area (Å²) >= 11 is 0. The van der Waals surface area contributed by atoms with Crippen LogP contribution in [0.1, 0.15) is 24.7 Å². The van der Waals surface area contributed by atoms with Crippen LogP contribution in [-0.4, -0.2) is 42.4 Å². The van der Waals surface area contributed by atoms with E-state index in [2.05, 4.69) is 19.3 Å². The van der Waals surface area contributed by atoms with Gasteiger partial charge in [0.05, 0.1) is 29.9 Å². The molecule has 138 valence electrons. The van der Waals surface area contributed by atoms with Gasteiger partial charge in [0, 0.05) is 11.9 Å². The summed E-state index contributed by atoms with van der Waals surface area (Å²) in [5.41, 5.74) is 8.66. The number of benzene rings is 1. The lowest BCUT2D eigenvalue weighted by Crippen LogP contribution is -2.27. The van der Waals surface area contributed by atoms with Crippen LogP contribution in [0.5, 0.6) is 0 Å². The number of ether oxygens (including phenoxy) is 1. The lowest BCUT2D eigenvalue weighted by Gasteiger charge is -2.26. The highest BCUT2D eigenvalue weighted by Crippen LogP contribution is 2.34. The summed E-state index contributed by atoms with van der Waals surface area (Å²) in [5, 5.41) is 1.01. The van der Waals surface area contributed by atoms with Crippen LogP contribution < -0.4 is 10.5 Å². The van der Waals surface area contributed by atoms with Gasteiger partial charge in [0.2, 0.25) is 10.0 Å². The Hall–Kier alpha value is -2.23. The molecule has 0 amide bonds. The first-order valence-electron chi connectivity index (χ1n) is 8.51. The van der Waals surface area contributed by atoms with E-state index in [4.69, 9.17) is 10.5 Å². The minimum atomic E-state index is -3.17. The molecule has 1 atom stereocenters. The lowest BCUT2D eigenvalue weighted by molar-refractivity contribution is 0.0534. The van der Waals surface area contributed by atoms with Gasteiger partial charge in [0.15, 0.2) is 5.82 Å². The molecule has 4 rings (SSSR count). The summed E-state index contributed by atoms with van der Waals surface area (Å²) in [7, 11) is -3.17. The number of nitrogens with one attached hydrogen (secondary N) is 1. The van der Waals surface area contributed by atoms with Crippen molar-refractivity contribution in [2.75, 3.05) is 25.1 Å². The first-order valence-corrected chi connectivity index (χ1v) is 10.4. The fourth-order valence-corrected chi connectivity index (χ4v) is 4.05. The third kappa shape index (κ3) is 3.13. The number of fused-ring (bicyclic) bond motifs is 5. The fraction of sp³-hybridized carbons (Fsp3) is 0.412. The molecule has 0 saturated carbocycles. The molecule has 8 nitrogen and oxygen atoms in total. The van der Waals surface area contributed by atoms with Gasteiger partial charge in [0.25, 0.3) is 0 Å². The van der Waals surface area contributed by atoms with E-state index in [0.29, 0.717) is 37.5 Å². The van der Waals surface area contributed by atoms with Gasteiger partial charge in [-0.25, -0.2) is 23.1 Å². The third-order valence-corrected chi connectivity index (χ3v) is 5.34. The molecule has 3 N–H and O–H groups in total. The number of sulfonamides is 1. The number of nitrogen functional groups attached to an aromatic ring is 1. The summed E-state index contributed by atoms with van der Waals surface area (Å²) in [6.07, 6.45) is 2.65. The SMILES string of the molecule is CS(=O)(=O)NCCC[C@H]1COCc2nc3c(N)nc4ccccc4c3n21. The van der Waals surface area contributed by atoms with E-state index >= 15 is 0 Å². The molecule has 0 spiro atoms. The highest BCUT2D eigenvalue weighted by atomic mass is 32.2. The van der Waals surface area contributed by atoms with Gasteiger partial charge >= 0.3 is 0 Å². The molecule has 0 saturated heterocycles. The summed E-state index contributed by atoms with van der Waals surface area (Å²) in [6.45, 7) is 1.40. The monoisotopic (exact) mass is 375 g/mol. The standard InChI is InChI=1S/C17H21N5O3S/c1-26(23,24)19-8-4-5-11-9-25-10-14-21-15-16(22(11)14)12-6-2-3-7-13(12)20-17(15)18/h2-3,6-7,11,19H,4-5,8-10H2,1H3,(H2,18,20)/t11-/m0/s1. The van der Waals surface area contributed by atoms with Crippen LogP contribution in [0.15, 0.2) is 24.3 Å². The Morgan fingerprint density at radius 3 is 2.96 bits per heavy atom. The summed E-state index contributed by atoms with van der Waals surface area (Å²) in [5.74, 6) is 1.25. The Labute approximate surface area is 151 Å². The zero-order valence-corrected chi connectivity index (χ0v) is 15.3.